The first-order chi connectivity index (χ1) is 8.36. The maximum atomic E-state index is 11.0. The van der Waals surface area contributed by atoms with Gasteiger partial charge in [-0.15, -0.1) is 0 Å². The van der Waals surface area contributed by atoms with Crippen molar-refractivity contribution >= 4 is 5.91 Å². The Balaban J connectivity index is 2.62. The molecule has 0 aliphatic carbocycles. The number of carbonyl (C=O) groups excluding carboxylic acids is 1. The van der Waals surface area contributed by atoms with E-state index in [9.17, 15) is 4.79 Å². The number of benzene rings is 1. The second kappa shape index (κ2) is 5.73. The number of amides is 1. The molecule has 0 aromatic heterocycles. The van der Waals surface area contributed by atoms with Gasteiger partial charge < -0.3 is 20.9 Å². The van der Waals surface area contributed by atoms with Gasteiger partial charge in [-0.05, 0) is 31.5 Å². The molecule has 0 heterocycles. The van der Waals surface area contributed by atoms with Crippen molar-refractivity contribution in [1.29, 1.82) is 0 Å². The fraction of sp³-hybridized carbons (Fsp3) is 0.462. The van der Waals surface area contributed by atoms with Crippen LogP contribution in [0.25, 0.3) is 0 Å². The first-order valence-electron chi connectivity index (χ1n) is 5.73. The molecule has 1 rings (SSSR count). The highest BCUT2D eigenvalue weighted by Gasteiger charge is 2.25. The Hall–Kier alpha value is -1.75. The number of aryl methyl sites for hydroxylation is 1. The molecule has 100 valence electrons. The summed E-state index contributed by atoms with van der Waals surface area (Å²) in [7, 11) is 1.58. The number of rotatable bonds is 6. The molecular weight excluding hydrogens is 232 g/mol. The van der Waals surface area contributed by atoms with Gasteiger partial charge in [-0.1, -0.05) is 6.07 Å². The Morgan fingerprint density at radius 2 is 2.06 bits per heavy atom. The molecule has 0 spiro atoms. The van der Waals surface area contributed by atoms with E-state index >= 15 is 0 Å². The van der Waals surface area contributed by atoms with E-state index in [1.807, 2.05) is 25.1 Å². The van der Waals surface area contributed by atoms with Crippen LogP contribution in [0.1, 0.15) is 18.9 Å². The van der Waals surface area contributed by atoms with Gasteiger partial charge in [-0.2, -0.15) is 0 Å². The van der Waals surface area contributed by atoms with Crippen molar-refractivity contribution in [1.82, 2.24) is 0 Å². The predicted octanol–water partition coefficient (Wildman–Crippen LogP) is 0.975. The van der Waals surface area contributed by atoms with Crippen LogP contribution in [-0.4, -0.2) is 25.2 Å². The fourth-order valence-electron chi connectivity index (χ4n) is 1.39. The minimum absolute atomic E-state index is 0.301. The number of hydrogen-bond donors (Lipinski definition) is 2. The second-order valence-corrected chi connectivity index (χ2v) is 4.53. The Morgan fingerprint density at radius 1 is 1.39 bits per heavy atom. The molecule has 5 heteroatoms. The van der Waals surface area contributed by atoms with E-state index in [0.29, 0.717) is 24.5 Å². The summed E-state index contributed by atoms with van der Waals surface area (Å²) in [6.45, 7) is 3.86. The first-order valence-corrected chi connectivity index (χ1v) is 5.73. The average molecular weight is 252 g/mol. The first kappa shape index (κ1) is 14.3. The fourth-order valence-corrected chi connectivity index (χ4v) is 1.39. The quantitative estimate of drug-likeness (QED) is 0.789. The van der Waals surface area contributed by atoms with Crippen LogP contribution in [0.4, 0.5) is 0 Å². The molecule has 1 atom stereocenters. The summed E-state index contributed by atoms with van der Waals surface area (Å²) in [5, 5.41) is 0. The number of primary amides is 1. The highest BCUT2D eigenvalue weighted by Crippen LogP contribution is 2.28. The molecule has 0 aliphatic rings. The van der Waals surface area contributed by atoms with Gasteiger partial charge in [0.15, 0.2) is 11.5 Å². The standard InChI is InChI=1S/C13H20N2O3/c1-9-4-5-10(11(8-9)17-3)18-7-6-13(2,15)12(14)16/h4-5,8H,6-7,15H2,1-3H3,(H2,14,16). The summed E-state index contributed by atoms with van der Waals surface area (Å²) in [5.41, 5.74) is 10.9. The third kappa shape index (κ3) is 3.63. The normalized spacial score (nSPS) is 13.8. The van der Waals surface area contributed by atoms with E-state index < -0.39 is 11.4 Å². The van der Waals surface area contributed by atoms with Crippen molar-refractivity contribution in [3.8, 4) is 11.5 Å². The molecule has 0 saturated heterocycles. The molecule has 0 bridgehead atoms. The van der Waals surface area contributed by atoms with E-state index in [2.05, 4.69) is 0 Å². The molecule has 0 radical (unpaired) electrons. The molecule has 1 aromatic rings. The van der Waals surface area contributed by atoms with E-state index in [0.717, 1.165) is 5.56 Å². The monoisotopic (exact) mass is 252 g/mol. The smallest absolute Gasteiger partial charge is 0.237 e. The van der Waals surface area contributed by atoms with Crippen molar-refractivity contribution < 1.29 is 14.3 Å². The van der Waals surface area contributed by atoms with Crippen LogP contribution in [0.2, 0.25) is 0 Å². The van der Waals surface area contributed by atoms with Crippen LogP contribution >= 0.6 is 0 Å². The van der Waals surface area contributed by atoms with Crippen molar-refractivity contribution in [2.45, 2.75) is 25.8 Å². The topological polar surface area (TPSA) is 87.6 Å². The van der Waals surface area contributed by atoms with Crippen molar-refractivity contribution in [3.63, 3.8) is 0 Å². The number of methoxy groups -OCH3 is 1. The molecule has 0 aliphatic heterocycles. The Bertz CT molecular complexity index is 430. The summed E-state index contributed by atoms with van der Waals surface area (Å²) >= 11 is 0. The van der Waals surface area contributed by atoms with E-state index in [1.54, 1.807) is 14.0 Å². The molecule has 0 fully saturated rings. The molecule has 5 nitrogen and oxygen atoms in total. The van der Waals surface area contributed by atoms with Crippen LogP contribution in [-0.2, 0) is 4.79 Å². The van der Waals surface area contributed by atoms with E-state index in [-0.39, 0.29) is 0 Å². The second-order valence-electron chi connectivity index (χ2n) is 4.53. The Labute approximate surface area is 107 Å². The zero-order valence-corrected chi connectivity index (χ0v) is 11.0. The lowest BCUT2D eigenvalue weighted by atomic mass is 9.99. The molecule has 0 saturated carbocycles. The van der Waals surface area contributed by atoms with Gasteiger partial charge in [0, 0.05) is 6.42 Å². The van der Waals surface area contributed by atoms with Crippen molar-refractivity contribution in [2.75, 3.05) is 13.7 Å². The summed E-state index contributed by atoms with van der Waals surface area (Å²) in [4.78, 5) is 11.0. The van der Waals surface area contributed by atoms with Gasteiger partial charge in [-0.3, -0.25) is 4.79 Å². The Kier molecular flexibility index (Phi) is 4.55. The van der Waals surface area contributed by atoms with E-state index in [4.69, 9.17) is 20.9 Å². The molecular formula is C13H20N2O3. The SMILES string of the molecule is COc1cc(C)ccc1OCCC(C)(N)C(N)=O. The van der Waals surface area contributed by atoms with Gasteiger partial charge in [0.2, 0.25) is 5.91 Å². The maximum absolute atomic E-state index is 11.0. The summed E-state index contributed by atoms with van der Waals surface area (Å²) in [6, 6.07) is 5.63. The number of ether oxygens (including phenoxy) is 2. The van der Waals surface area contributed by atoms with Crippen LogP contribution in [0, 0.1) is 6.92 Å². The third-order valence-corrected chi connectivity index (χ3v) is 2.76. The van der Waals surface area contributed by atoms with Crippen LogP contribution in [0.3, 0.4) is 0 Å². The van der Waals surface area contributed by atoms with Gasteiger partial charge >= 0.3 is 0 Å². The largest absolute Gasteiger partial charge is 0.493 e. The lowest BCUT2D eigenvalue weighted by molar-refractivity contribution is -0.123. The molecule has 1 aromatic carbocycles. The third-order valence-electron chi connectivity index (χ3n) is 2.76. The maximum Gasteiger partial charge on any atom is 0.237 e. The predicted molar refractivity (Wildman–Crippen MR) is 69.6 cm³/mol. The average Bonchev–Trinajstić information content (AvgIpc) is 2.30. The van der Waals surface area contributed by atoms with E-state index in [1.165, 1.54) is 0 Å². The highest BCUT2D eigenvalue weighted by molar-refractivity contribution is 5.83. The summed E-state index contributed by atoms with van der Waals surface area (Å²) in [5.74, 6) is 0.748. The Morgan fingerprint density at radius 3 is 2.61 bits per heavy atom. The molecule has 1 amide bonds. The van der Waals surface area contributed by atoms with Gasteiger partial charge in [-0.25, -0.2) is 0 Å². The van der Waals surface area contributed by atoms with Crippen molar-refractivity contribution in [3.05, 3.63) is 23.8 Å². The number of carbonyl (C=O) groups is 1. The van der Waals surface area contributed by atoms with Crippen molar-refractivity contribution in [2.24, 2.45) is 11.5 Å². The van der Waals surface area contributed by atoms with Crippen LogP contribution in [0.15, 0.2) is 18.2 Å². The minimum atomic E-state index is -1.06. The zero-order valence-electron chi connectivity index (χ0n) is 11.0. The van der Waals surface area contributed by atoms with Gasteiger partial charge in [0.05, 0.1) is 19.3 Å². The number of nitrogens with two attached hydrogens (primary N) is 2. The van der Waals surface area contributed by atoms with Gasteiger partial charge in [0.25, 0.3) is 0 Å². The molecule has 4 N–H and O–H groups in total. The van der Waals surface area contributed by atoms with Crippen LogP contribution in [0.5, 0.6) is 11.5 Å². The lowest BCUT2D eigenvalue weighted by Gasteiger charge is -2.20. The summed E-state index contributed by atoms with van der Waals surface area (Å²) < 4.78 is 10.8. The lowest BCUT2D eigenvalue weighted by Crippen LogP contribution is -2.50. The highest BCUT2D eigenvalue weighted by atomic mass is 16.5. The zero-order chi connectivity index (χ0) is 13.8. The number of hydrogen-bond acceptors (Lipinski definition) is 4. The minimum Gasteiger partial charge on any atom is -0.493 e. The molecule has 18 heavy (non-hydrogen) atoms. The summed E-state index contributed by atoms with van der Waals surface area (Å²) in [6.07, 6.45) is 0.347. The van der Waals surface area contributed by atoms with Gasteiger partial charge in [0.1, 0.15) is 0 Å². The van der Waals surface area contributed by atoms with Crippen LogP contribution < -0.4 is 20.9 Å². The molecule has 1 unspecified atom stereocenters.